The van der Waals surface area contributed by atoms with Crippen molar-refractivity contribution < 1.29 is 19.1 Å². The Morgan fingerprint density at radius 2 is 1.87 bits per heavy atom. The molecule has 0 aliphatic carbocycles. The Morgan fingerprint density at radius 1 is 1.09 bits per heavy atom. The number of hydrogen-bond donors (Lipinski definition) is 1. The molecule has 2 aromatic carbocycles. The molecule has 0 aromatic heterocycles. The molecule has 0 fully saturated rings. The van der Waals surface area contributed by atoms with E-state index in [9.17, 15) is 9.59 Å². The molecular formula is C18H19NO4. The van der Waals surface area contributed by atoms with Crippen LogP contribution in [0.3, 0.4) is 0 Å². The van der Waals surface area contributed by atoms with Crippen molar-refractivity contribution in [3.63, 3.8) is 0 Å². The quantitative estimate of drug-likeness (QED) is 0.830. The highest BCUT2D eigenvalue weighted by atomic mass is 16.5. The fourth-order valence-electron chi connectivity index (χ4n) is 2.14. The molecule has 0 unspecified atom stereocenters. The molecule has 120 valence electrons. The van der Waals surface area contributed by atoms with Gasteiger partial charge in [0.1, 0.15) is 18.1 Å². The zero-order chi connectivity index (χ0) is 16.8. The molecule has 0 aliphatic heterocycles. The number of benzene rings is 2. The first-order valence-corrected chi connectivity index (χ1v) is 7.18. The van der Waals surface area contributed by atoms with Gasteiger partial charge >= 0.3 is 0 Å². The first-order valence-electron chi connectivity index (χ1n) is 7.18. The van der Waals surface area contributed by atoms with Gasteiger partial charge in [-0.2, -0.15) is 0 Å². The van der Waals surface area contributed by atoms with Gasteiger partial charge in [-0.3, -0.25) is 9.59 Å². The number of rotatable bonds is 6. The highest BCUT2D eigenvalue weighted by molar-refractivity contribution is 5.94. The molecule has 0 bridgehead atoms. The van der Waals surface area contributed by atoms with Gasteiger partial charge in [-0.1, -0.05) is 6.07 Å². The second-order valence-corrected chi connectivity index (χ2v) is 5.08. The lowest BCUT2D eigenvalue weighted by Crippen LogP contribution is -2.06. The maximum Gasteiger partial charge on any atom is 0.221 e. The van der Waals surface area contributed by atoms with E-state index in [0.717, 1.165) is 5.56 Å². The fourth-order valence-corrected chi connectivity index (χ4v) is 2.14. The maximum absolute atomic E-state index is 11.5. The lowest BCUT2D eigenvalue weighted by Gasteiger charge is -2.12. The number of anilines is 1. The topological polar surface area (TPSA) is 64.6 Å². The van der Waals surface area contributed by atoms with Crippen molar-refractivity contribution in [3.05, 3.63) is 53.6 Å². The second-order valence-electron chi connectivity index (χ2n) is 5.08. The van der Waals surface area contributed by atoms with E-state index in [2.05, 4.69) is 5.32 Å². The maximum atomic E-state index is 11.5. The Labute approximate surface area is 135 Å². The summed E-state index contributed by atoms with van der Waals surface area (Å²) in [6.07, 6.45) is 0. The van der Waals surface area contributed by atoms with Crippen LogP contribution in [0.2, 0.25) is 0 Å². The standard InChI is InChI=1S/C18H19NO4/c1-12(20)14-7-8-18(22-3)15(9-14)11-23-17-6-4-5-16(10-17)19-13(2)21/h4-10H,11H2,1-3H3,(H,19,21). The molecule has 0 saturated heterocycles. The monoisotopic (exact) mass is 313 g/mol. The van der Waals surface area contributed by atoms with Crippen LogP contribution in [0.1, 0.15) is 29.8 Å². The van der Waals surface area contributed by atoms with Gasteiger partial charge in [0.05, 0.1) is 7.11 Å². The molecule has 1 N–H and O–H groups in total. The molecular weight excluding hydrogens is 294 g/mol. The number of carbonyl (C=O) groups excluding carboxylic acids is 2. The summed E-state index contributed by atoms with van der Waals surface area (Å²) in [6, 6.07) is 12.4. The first kappa shape index (κ1) is 16.5. The molecule has 0 spiro atoms. The summed E-state index contributed by atoms with van der Waals surface area (Å²) < 4.78 is 11.0. The van der Waals surface area contributed by atoms with E-state index in [-0.39, 0.29) is 18.3 Å². The summed E-state index contributed by atoms with van der Waals surface area (Å²) in [7, 11) is 1.57. The zero-order valence-corrected chi connectivity index (χ0v) is 13.4. The Bertz CT molecular complexity index is 725. The molecule has 1 amide bonds. The molecule has 5 heteroatoms. The van der Waals surface area contributed by atoms with Crippen molar-refractivity contribution in [3.8, 4) is 11.5 Å². The average molecular weight is 313 g/mol. The number of carbonyl (C=O) groups is 2. The third kappa shape index (κ3) is 4.57. The lowest BCUT2D eigenvalue weighted by atomic mass is 10.1. The number of nitrogens with one attached hydrogen (secondary N) is 1. The third-order valence-electron chi connectivity index (χ3n) is 3.24. The van der Waals surface area contributed by atoms with Crippen molar-refractivity contribution >= 4 is 17.4 Å². The van der Waals surface area contributed by atoms with Crippen LogP contribution in [0, 0.1) is 0 Å². The van der Waals surface area contributed by atoms with E-state index in [4.69, 9.17) is 9.47 Å². The number of Topliss-reactive ketones (excluding diaryl/α,β-unsaturated/α-hetero) is 1. The summed E-state index contributed by atoms with van der Waals surface area (Å²) in [5, 5.41) is 2.70. The van der Waals surface area contributed by atoms with Gasteiger partial charge in [0.25, 0.3) is 0 Å². The number of hydrogen-bond acceptors (Lipinski definition) is 4. The zero-order valence-electron chi connectivity index (χ0n) is 13.4. The number of methoxy groups -OCH3 is 1. The molecule has 0 atom stereocenters. The van der Waals surface area contributed by atoms with Crippen LogP contribution in [0.5, 0.6) is 11.5 Å². The number of ketones is 1. The van der Waals surface area contributed by atoms with Gasteiger partial charge < -0.3 is 14.8 Å². The molecule has 5 nitrogen and oxygen atoms in total. The van der Waals surface area contributed by atoms with Crippen molar-refractivity contribution in [2.45, 2.75) is 20.5 Å². The Kier molecular flexibility index (Phi) is 5.36. The van der Waals surface area contributed by atoms with Crippen molar-refractivity contribution in [2.75, 3.05) is 12.4 Å². The van der Waals surface area contributed by atoms with Gasteiger partial charge in [0.15, 0.2) is 5.78 Å². The third-order valence-corrected chi connectivity index (χ3v) is 3.24. The SMILES string of the molecule is COc1ccc(C(C)=O)cc1COc1cccc(NC(C)=O)c1. The highest BCUT2D eigenvalue weighted by Crippen LogP contribution is 2.24. The molecule has 0 heterocycles. The van der Waals surface area contributed by atoms with Crippen LogP contribution in [0.4, 0.5) is 5.69 Å². The lowest BCUT2D eigenvalue weighted by molar-refractivity contribution is -0.114. The molecule has 0 aliphatic rings. The van der Waals surface area contributed by atoms with Gasteiger partial charge in [0.2, 0.25) is 5.91 Å². The normalized spacial score (nSPS) is 10.0. The summed E-state index contributed by atoms with van der Waals surface area (Å²) in [6.45, 7) is 3.23. The largest absolute Gasteiger partial charge is 0.496 e. The molecule has 0 radical (unpaired) electrons. The van der Waals surface area contributed by atoms with E-state index in [1.165, 1.54) is 13.8 Å². The molecule has 2 aromatic rings. The summed E-state index contributed by atoms with van der Waals surface area (Å²) >= 11 is 0. The summed E-state index contributed by atoms with van der Waals surface area (Å²) in [4.78, 5) is 22.6. The first-order chi connectivity index (χ1) is 11.0. The minimum atomic E-state index is -0.141. The van der Waals surface area contributed by atoms with Crippen LogP contribution < -0.4 is 14.8 Å². The van der Waals surface area contributed by atoms with Crippen molar-refractivity contribution in [1.29, 1.82) is 0 Å². The Hall–Kier alpha value is -2.82. The fraction of sp³-hybridized carbons (Fsp3) is 0.222. The van der Waals surface area contributed by atoms with E-state index in [1.54, 1.807) is 49.6 Å². The van der Waals surface area contributed by atoms with Crippen LogP contribution in [0.15, 0.2) is 42.5 Å². The van der Waals surface area contributed by atoms with Crippen molar-refractivity contribution in [2.24, 2.45) is 0 Å². The Balaban J connectivity index is 2.15. The summed E-state index contributed by atoms with van der Waals surface area (Å²) in [5.41, 5.74) is 2.06. The number of ether oxygens (including phenoxy) is 2. The van der Waals surface area contributed by atoms with Crippen LogP contribution >= 0.6 is 0 Å². The Morgan fingerprint density at radius 3 is 2.52 bits per heavy atom. The van der Waals surface area contributed by atoms with E-state index in [0.29, 0.717) is 22.7 Å². The van der Waals surface area contributed by atoms with E-state index in [1.807, 2.05) is 0 Å². The van der Waals surface area contributed by atoms with Crippen LogP contribution in [-0.4, -0.2) is 18.8 Å². The molecule has 2 rings (SSSR count). The second kappa shape index (κ2) is 7.45. The van der Waals surface area contributed by atoms with E-state index >= 15 is 0 Å². The van der Waals surface area contributed by atoms with Gasteiger partial charge in [-0.05, 0) is 37.3 Å². The predicted molar refractivity (Wildman–Crippen MR) is 88.1 cm³/mol. The van der Waals surface area contributed by atoms with E-state index < -0.39 is 0 Å². The summed E-state index contributed by atoms with van der Waals surface area (Å²) in [5.74, 6) is 1.12. The minimum absolute atomic E-state index is 0.0124. The van der Waals surface area contributed by atoms with Crippen LogP contribution in [-0.2, 0) is 11.4 Å². The number of amides is 1. The smallest absolute Gasteiger partial charge is 0.221 e. The van der Waals surface area contributed by atoms with Crippen molar-refractivity contribution in [1.82, 2.24) is 0 Å². The van der Waals surface area contributed by atoms with Gasteiger partial charge in [-0.15, -0.1) is 0 Å². The van der Waals surface area contributed by atoms with Gasteiger partial charge in [-0.25, -0.2) is 0 Å². The molecule has 23 heavy (non-hydrogen) atoms. The van der Waals surface area contributed by atoms with Crippen LogP contribution in [0.25, 0.3) is 0 Å². The predicted octanol–water partition coefficient (Wildman–Crippen LogP) is 3.44. The minimum Gasteiger partial charge on any atom is -0.496 e. The molecule has 0 saturated carbocycles. The average Bonchev–Trinajstić information content (AvgIpc) is 2.52. The highest BCUT2D eigenvalue weighted by Gasteiger charge is 2.08. The van der Waals surface area contributed by atoms with Gasteiger partial charge in [0, 0.05) is 29.8 Å².